The molecule has 2 heterocycles. The molecule has 1 aliphatic carbocycles. The summed E-state index contributed by atoms with van der Waals surface area (Å²) >= 11 is 0. The van der Waals surface area contributed by atoms with Crippen molar-refractivity contribution in [3.05, 3.63) is 36.2 Å². The Morgan fingerprint density at radius 2 is 2.15 bits per heavy atom. The maximum Gasteiger partial charge on any atom is 0.228 e. The summed E-state index contributed by atoms with van der Waals surface area (Å²) in [5, 5.41) is 16.5. The molecule has 0 radical (unpaired) electrons. The van der Waals surface area contributed by atoms with E-state index in [1.54, 1.807) is 12.3 Å². The highest BCUT2D eigenvalue weighted by Gasteiger charge is 2.27. The minimum atomic E-state index is -0.0203. The van der Waals surface area contributed by atoms with E-state index in [1.165, 1.54) is 30.1 Å². The number of nitrogens with zero attached hydrogens (tertiary/aromatic N) is 4. The van der Waals surface area contributed by atoms with Crippen molar-refractivity contribution >= 4 is 11.7 Å². The van der Waals surface area contributed by atoms with Crippen molar-refractivity contribution in [3.8, 4) is 11.9 Å². The molecule has 6 heteroatoms. The van der Waals surface area contributed by atoms with Gasteiger partial charge in [-0.05, 0) is 43.7 Å². The van der Waals surface area contributed by atoms with E-state index in [2.05, 4.69) is 28.4 Å². The second kappa shape index (κ2) is 8.61. The number of unbranched alkanes of at least 4 members (excludes halogenated alkanes) is 1. The smallest absolute Gasteiger partial charge is 0.228 e. The fourth-order valence-electron chi connectivity index (χ4n) is 3.63. The number of nitriles is 1. The van der Waals surface area contributed by atoms with E-state index in [9.17, 15) is 10.1 Å². The SMILES string of the molecule is CCCCC1CCC(C(=O)Nc2c(C#N)cnn2-c2ccccn2)CC1. The van der Waals surface area contributed by atoms with Gasteiger partial charge in [0.05, 0.1) is 6.20 Å². The van der Waals surface area contributed by atoms with E-state index < -0.39 is 0 Å². The first-order chi connectivity index (χ1) is 12.7. The molecule has 0 aliphatic heterocycles. The second-order valence-corrected chi connectivity index (χ2v) is 6.97. The molecule has 0 atom stereocenters. The first kappa shape index (κ1) is 18.1. The van der Waals surface area contributed by atoms with Crippen molar-refractivity contribution in [2.45, 2.75) is 51.9 Å². The Labute approximate surface area is 154 Å². The lowest BCUT2D eigenvalue weighted by atomic mass is 9.79. The summed E-state index contributed by atoms with van der Waals surface area (Å²) in [6.07, 6.45) is 11.0. The third-order valence-electron chi connectivity index (χ3n) is 5.18. The van der Waals surface area contributed by atoms with Gasteiger partial charge in [-0.1, -0.05) is 32.3 Å². The molecule has 2 aromatic heterocycles. The lowest BCUT2D eigenvalue weighted by Gasteiger charge is -2.27. The van der Waals surface area contributed by atoms with E-state index in [0.29, 0.717) is 17.2 Å². The maximum absolute atomic E-state index is 12.8. The van der Waals surface area contributed by atoms with Crippen molar-refractivity contribution < 1.29 is 4.79 Å². The van der Waals surface area contributed by atoms with Crippen molar-refractivity contribution in [3.63, 3.8) is 0 Å². The van der Waals surface area contributed by atoms with Gasteiger partial charge in [0, 0.05) is 12.1 Å². The number of aromatic nitrogens is 3. The lowest BCUT2D eigenvalue weighted by molar-refractivity contribution is -0.121. The van der Waals surface area contributed by atoms with Crippen LogP contribution in [0, 0.1) is 23.2 Å². The normalized spacial score (nSPS) is 19.7. The number of pyridine rings is 1. The minimum absolute atomic E-state index is 0.00602. The molecular weight excluding hydrogens is 326 g/mol. The van der Waals surface area contributed by atoms with Crippen LogP contribution in [0.25, 0.3) is 5.82 Å². The van der Waals surface area contributed by atoms with E-state index in [4.69, 9.17) is 0 Å². The average molecular weight is 351 g/mol. The quantitative estimate of drug-likeness (QED) is 0.850. The van der Waals surface area contributed by atoms with Crippen LogP contribution in [0.15, 0.2) is 30.6 Å². The lowest BCUT2D eigenvalue weighted by Crippen LogP contribution is -2.28. The highest BCUT2D eigenvalue weighted by molar-refractivity contribution is 5.93. The van der Waals surface area contributed by atoms with Crippen LogP contribution in [0.4, 0.5) is 5.82 Å². The largest absolute Gasteiger partial charge is 0.309 e. The number of rotatable bonds is 6. The predicted octanol–water partition coefficient (Wildman–Crippen LogP) is 4.07. The highest BCUT2D eigenvalue weighted by atomic mass is 16.2. The molecule has 1 fully saturated rings. The standard InChI is InChI=1S/C20H25N5O/c1-2-3-6-15-8-10-16(11-9-15)20(26)24-19-17(13-21)14-23-25(19)18-7-4-5-12-22-18/h4-5,7,12,14-16H,2-3,6,8-11H2,1H3,(H,24,26). The summed E-state index contributed by atoms with van der Waals surface area (Å²) in [4.78, 5) is 17.0. The Morgan fingerprint density at radius 3 is 2.81 bits per heavy atom. The second-order valence-electron chi connectivity index (χ2n) is 6.97. The van der Waals surface area contributed by atoms with Gasteiger partial charge in [-0.3, -0.25) is 4.79 Å². The van der Waals surface area contributed by atoms with Crippen LogP contribution in [0.3, 0.4) is 0 Å². The molecule has 1 saturated carbocycles. The van der Waals surface area contributed by atoms with Gasteiger partial charge in [0.1, 0.15) is 11.6 Å². The number of anilines is 1. The zero-order valence-electron chi connectivity index (χ0n) is 15.2. The van der Waals surface area contributed by atoms with Crippen molar-refractivity contribution in [2.75, 3.05) is 5.32 Å². The first-order valence-electron chi connectivity index (χ1n) is 9.43. The molecule has 1 aliphatic rings. The van der Waals surface area contributed by atoms with Crippen LogP contribution < -0.4 is 5.32 Å². The number of hydrogen-bond acceptors (Lipinski definition) is 4. The Morgan fingerprint density at radius 1 is 1.35 bits per heavy atom. The van der Waals surface area contributed by atoms with Crippen LogP contribution in [-0.4, -0.2) is 20.7 Å². The van der Waals surface area contributed by atoms with Crippen LogP contribution in [0.5, 0.6) is 0 Å². The zero-order chi connectivity index (χ0) is 18.4. The van der Waals surface area contributed by atoms with Gasteiger partial charge in [0.2, 0.25) is 5.91 Å². The molecule has 136 valence electrons. The summed E-state index contributed by atoms with van der Waals surface area (Å²) in [5.41, 5.74) is 0.348. The molecule has 26 heavy (non-hydrogen) atoms. The Kier molecular flexibility index (Phi) is 6.00. The number of nitrogens with one attached hydrogen (secondary N) is 1. The van der Waals surface area contributed by atoms with E-state index >= 15 is 0 Å². The van der Waals surface area contributed by atoms with Gasteiger partial charge in [0.15, 0.2) is 11.6 Å². The number of hydrogen-bond donors (Lipinski definition) is 1. The molecule has 0 aromatic carbocycles. The Balaban J connectivity index is 1.69. The molecule has 0 saturated heterocycles. The van der Waals surface area contributed by atoms with Crippen LogP contribution in [-0.2, 0) is 4.79 Å². The van der Waals surface area contributed by atoms with Crippen LogP contribution >= 0.6 is 0 Å². The van der Waals surface area contributed by atoms with Gasteiger partial charge in [-0.15, -0.1) is 0 Å². The third kappa shape index (κ3) is 4.10. The summed E-state index contributed by atoms with van der Waals surface area (Å²) in [6, 6.07) is 7.55. The van der Waals surface area contributed by atoms with Gasteiger partial charge in [-0.2, -0.15) is 15.0 Å². The molecule has 2 aromatic rings. The van der Waals surface area contributed by atoms with Gasteiger partial charge >= 0.3 is 0 Å². The first-order valence-corrected chi connectivity index (χ1v) is 9.43. The molecule has 1 amide bonds. The van der Waals surface area contributed by atoms with Crippen molar-refractivity contribution in [1.29, 1.82) is 5.26 Å². The number of carbonyl (C=O) groups excluding carboxylic acids is 1. The average Bonchev–Trinajstić information content (AvgIpc) is 3.10. The Hall–Kier alpha value is -2.68. The molecule has 3 rings (SSSR count). The summed E-state index contributed by atoms with van der Waals surface area (Å²) < 4.78 is 1.52. The van der Waals surface area contributed by atoms with Crippen LogP contribution in [0.1, 0.15) is 57.4 Å². The van der Waals surface area contributed by atoms with E-state index in [0.717, 1.165) is 31.6 Å². The molecule has 0 bridgehead atoms. The molecule has 6 nitrogen and oxygen atoms in total. The van der Waals surface area contributed by atoms with Crippen LogP contribution in [0.2, 0.25) is 0 Å². The van der Waals surface area contributed by atoms with Gasteiger partial charge < -0.3 is 5.32 Å². The monoisotopic (exact) mass is 351 g/mol. The summed E-state index contributed by atoms with van der Waals surface area (Å²) in [7, 11) is 0. The van der Waals surface area contributed by atoms with E-state index in [-0.39, 0.29) is 11.8 Å². The predicted molar refractivity (Wildman–Crippen MR) is 99.7 cm³/mol. The fourth-order valence-corrected chi connectivity index (χ4v) is 3.63. The van der Waals surface area contributed by atoms with Gasteiger partial charge in [-0.25, -0.2) is 4.98 Å². The minimum Gasteiger partial charge on any atom is -0.309 e. The van der Waals surface area contributed by atoms with Gasteiger partial charge in [0.25, 0.3) is 0 Å². The maximum atomic E-state index is 12.8. The molecular formula is C20H25N5O. The highest BCUT2D eigenvalue weighted by Crippen LogP contribution is 2.33. The summed E-state index contributed by atoms with van der Waals surface area (Å²) in [5.74, 6) is 1.73. The number of amides is 1. The van der Waals surface area contributed by atoms with Crippen molar-refractivity contribution in [1.82, 2.24) is 14.8 Å². The molecule has 0 spiro atoms. The van der Waals surface area contributed by atoms with Crippen molar-refractivity contribution in [2.24, 2.45) is 11.8 Å². The molecule has 0 unspecified atom stereocenters. The topological polar surface area (TPSA) is 83.6 Å². The van der Waals surface area contributed by atoms with E-state index in [1.807, 2.05) is 12.1 Å². The number of carbonyl (C=O) groups is 1. The fraction of sp³-hybridized carbons (Fsp3) is 0.500. The third-order valence-corrected chi connectivity index (χ3v) is 5.18. The summed E-state index contributed by atoms with van der Waals surface area (Å²) in [6.45, 7) is 2.22. The zero-order valence-corrected chi connectivity index (χ0v) is 15.2. The Bertz CT molecular complexity index is 769. The molecule has 1 N–H and O–H groups in total.